The summed E-state index contributed by atoms with van der Waals surface area (Å²) in [5, 5.41) is 0.502. The van der Waals surface area contributed by atoms with Crippen molar-refractivity contribution in [2.24, 2.45) is 0 Å². The summed E-state index contributed by atoms with van der Waals surface area (Å²) in [6.45, 7) is 3.36. The van der Waals surface area contributed by atoms with E-state index in [1.165, 1.54) is 0 Å². The van der Waals surface area contributed by atoms with Crippen LogP contribution in [-0.2, 0) is 4.74 Å². The standard InChI is InChI=1S/C14H12ClF2NO3/c1-3-20-14(19)11-10(12(16)17)18-13(21-11)9-5-4-8(15)6-7(9)2/h4-6,12H,3H2,1-2H3. The number of hydrogen-bond acceptors (Lipinski definition) is 4. The number of hydrogen-bond donors (Lipinski definition) is 0. The highest BCUT2D eigenvalue weighted by Crippen LogP contribution is 2.31. The molecule has 7 heteroatoms. The van der Waals surface area contributed by atoms with Crippen molar-refractivity contribution in [3.8, 4) is 11.5 Å². The third kappa shape index (κ3) is 3.21. The van der Waals surface area contributed by atoms with E-state index < -0.39 is 23.8 Å². The van der Waals surface area contributed by atoms with Crippen molar-refractivity contribution in [3.63, 3.8) is 0 Å². The molecule has 0 radical (unpaired) electrons. The second-order valence-corrected chi connectivity index (χ2v) is 4.65. The molecule has 21 heavy (non-hydrogen) atoms. The summed E-state index contributed by atoms with van der Waals surface area (Å²) in [6, 6.07) is 4.82. The first-order chi connectivity index (χ1) is 9.93. The highest BCUT2D eigenvalue weighted by atomic mass is 35.5. The van der Waals surface area contributed by atoms with Crippen LogP contribution < -0.4 is 0 Å². The van der Waals surface area contributed by atoms with Gasteiger partial charge in [-0.05, 0) is 37.6 Å². The summed E-state index contributed by atoms with van der Waals surface area (Å²) >= 11 is 5.84. The Balaban J connectivity index is 2.51. The van der Waals surface area contributed by atoms with E-state index in [1.54, 1.807) is 32.0 Å². The fourth-order valence-corrected chi connectivity index (χ4v) is 2.03. The van der Waals surface area contributed by atoms with Gasteiger partial charge >= 0.3 is 5.97 Å². The largest absolute Gasteiger partial charge is 0.460 e. The number of nitrogens with zero attached hydrogens (tertiary/aromatic N) is 1. The molecule has 1 aromatic carbocycles. The van der Waals surface area contributed by atoms with Crippen LogP contribution in [0, 0.1) is 6.92 Å². The molecule has 0 unspecified atom stereocenters. The molecule has 112 valence electrons. The van der Waals surface area contributed by atoms with Crippen molar-refractivity contribution in [3.05, 3.63) is 40.2 Å². The molecule has 0 aliphatic carbocycles. The molecule has 1 heterocycles. The van der Waals surface area contributed by atoms with Gasteiger partial charge in [0.2, 0.25) is 11.7 Å². The molecule has 0 atom stereocenters. The van der Waals surface area contributed by atoms with Crippen LogP contribution >= 0.6 is 11.6 Å². The number of benzene rings is 1. The normalized spacial score (nSPS) is 11.0. The topological polar surface area (TPSA) is 52.3 Å². The first-order valence-electron chi connectivity index (χ1n) is 6.16. The summed E-state index contributed by atoms with van der Waals surface area (Å²) in [6.07, 6.45) is -2.94. The monoisotopic (exact) mass is 315 g/mol. The van der Waals surface area contributed by atoms with Crippen LogP contribution in [0.15, 0.2) is 22.6 Å². The van der Waals surface area contributed by atoms with E-state index in [0.717, 1.165) is 0 Å². The molecular weight excluding hydrogens is 304 g/mol. The van der Waals surface area contributed by atoms with Gasteiger partial charge in [0.05, 0.1) is 6.61 Å². The predicted molar refractivity (Wildman–Crippen MR) is 72.6 cm³/mol. The maximum Gasteiger partial charge on any atom is 0.376 e. The molecule has 0 spiro atoms. The van der Waals surface area contributed by atoms with Crippen LogP contribution in [-0.4, -0.2) is 17.6 Å². The molecule has 2 aromatic rings. The Hall–Kier alpha value is -1.95. The minimum atomic E-state index is -2.94. The zero-order valence-electron chi connectivity index (χ0n) is 11.3. The maximum atomic E-state index is 13.0. The van der Waals surface area contributed by atoms with Crippen LogP contribution in [0.2, 0.25) is 5.02 Å². The van der Waals surface area contributed by atoms with E-state index in [-0.39, 0.29) is 12.5 Å². The predicted octanol–water partition coefficient (Wildman–Crippen LogP) is 4.42. The minimum absolute atomic E-state index is 0.0531. The summed E-state index contributed by atoms with van der Waals surface area (Å²) in [7, 11) is 0. The van der Waals surface area contributed by atoms with Crippen molar-refractivity contribution < 1.29 is 22.7 Å². The Morgan fingerprint density at radius 3 is 2.76 bits per heavy atom. The van der Waals surface area contributed by atoms with Crippen LogP contribution in [0.1, 0.15) is 35.2 Å². The van der Waals surface area contributed by atoms with Gasteiger partial charge in [0, 0.05) is 10.6 Å². The Kier molecular flexibility index (Phi) is 4.57. The second-order valence-electron chi connectivity index (χ2n) is 4.21. The van der Waals surface area contributed by atoms with Gasteiger partial charge in [0.15, 0.2) is 5.69 Å². The van der Waals surface area contributed by atoms with Crippen molar-refractivity contribution in [1.29, 1.82) is 0 Å². The molecule has 4 nitrogen and oxygen atoms in total. The highest BCUT2D eigenvalue weighted by molar-refractivity contribution is 6.30. The average molecular weight is 316 g/mol. The van der Waals surface area contributed by atoms with Gasteiger partial charge in [-0.1, -0.05) is 11.6 Å². The SMILES string of the molecule is CCOC(=O)c1oc(-c2ccc(Cl)cc2C)nc1C(F)F. The zero-order valence-corrected chi connectivity index (χ0v) is 12.1. The molecular formula is C14H12ClF2NO3. The summed E-state index contributed by atoms with van der Waals surface area (Å²) < 4.78 is 35.8. The van der Waals surface area contributed by atoms with E-state index >= 15 is 0 Å². The maximum absolute atomic E-state index is 13.0. The fourth-order valence-electron chi connectivity index (χ4n) is 1.80. The second kappa shape index (κ2) is 6.22. The Morgan fingerprint density at radius 1 is 1.48 bits per heavy atom. The smallest absolute Gasteiger partial charge is 0.376 e. The summed E-state index contributed by atoms with van der Waals surface area (Å²) in [4.78, 5) is 15.4. The molecule has 0 bridgehead atoms. The molecule has 0 N–H and O–H groups in total. The van der Waals surface area contributed by atoms with Gasteiger partial charge in [0.25, 0.3) is 6.43 Å². The first-order valence-corrected chi connectivity index (χ1v) is 6.54. The Bertz CT molecular complexity index is 670. The van der Waals surface area contributed by atoms with E-state index in [1.807, 2.05) is 0 Å². The molecule has 0 saturated heterocycles. The molecule has 0 fully saturated rings. The number of esters is 1. The number of alkyl halides is 2. The first kappa shape index (κ1) is 15.4. The van der Waals surface area contributed by atoms with Crippen LogP contribution in [0.3, 0.4) is 0 Å². The number of carbonyl (C=O) groups is 1. The van der Waals surface area contributed by atoms with Crippen molar-refractivity contribution >= 4 is 17.6 Å². The number of rotatable bonds is 4. The minimum Gasteiger partial charge on any atom is -0.460 e. The lowest BCUT2D eigenvalue weighted by molar-refractivity contribution is 0.0476. The van der Waals surface area contributed by atoms with E-state index in [4.69, 9.17) is 20.8 Å². The number of aryl methyl sites for hydroxylation is 1. The number of carbonyl (C=O) groups excluding carboxylic acids is 1. The zero-order chi connectivity index (χ0) is 15.6. The summed E-state index contributed by atoms with van der Waals surface area (Å²) in [5.41, 5.74) is 0.453. The lowest BCUT2D eigenvalue weighted by atomic mass is 10.1. The van der Waals surface area contributed by atoms with E-state index in [0.29, 0.717) is 16.1 Å². The van der Waals surface area contributed by atoms with Gasteiger partial charge < -0.3 is 9.15 Å². The fraction of sp³-hybridized carbons (Fsp3) is 0.286. The molecule has 0 amide bonds. The van der Waals surface area contributed by atoms with Crippen molar-refractivity contribution in [2.75, 3.05) is 6.61 Å². The molecule has 1 aromatic heterocycles. The molecule has 2 rings (SSSR count). The van der Waals surface area contributed by atoms with Crippen molar-refractivity contribution in [1.82, 2.24) is 4.98 Å². The van der Waals surface area contributed by atoms with Gasteiger partial charge in [-0.2, -0.15) is 0 Å². The lowest BCUT2D eigenvalue weighted by Crippen LogP contribution is -2.06. The number of halogens is 3. The van der Waals surface area contributed by atoms with E-state index in [9.17, 15) is 13.6 Å². The molecule has 0 aliphatic heterocycles. The van der Waals surface area contributed by atoms with Crippen LogP contribution in [0.25, 0.3) is 11.5 Å². The Morgan fingerprint density at radius 2 is 2.19 bits per heavy atom. The average Bonchev–Trinajstić information content (AvgIpc) is 2.84. The van der Waals surface area contributed by atoms with Gasteiger partial charge in [-0.15, -0.1) is 0 Å². The number of ether oxygens (including phenoxy) is 1. The lowest BCUT2D eigenvalue weighted by Gasteiger charge is -2.01. The molecule has 0 aliphatic rings. The van der Waals surface area contributed by atoms with Crippen molar-refractivity contribution in [2.45, 2.75) is 20.3 Å². The number of oxazole rings is 1. The van der Waals surface area contributed by atoms with Gasteiger partial charge in [-0.25, -0.2) is 18.6 Å². The summed E-state index contributed by atoms with van der Waals surface area (Å²) in [5.74, 6) is -1.60. The van der Waals surface area contributed by atoms with Crippen LogP contribution in [0.5, 0.6) is 0 Å². The van der Waals surface area contributed by atoms with Gasteiger partial charge in [0.1, 0.15) is 0 Å². The highest BCUT2D eigenvalue weighted by Gasteiger charge is 2.28. The third-order valence-corrected chi connectivity index (χ3v) is 2.97. The molecule has 0 saturated carbocycles. The third-order valence-electron chi connectivity index (χ3n) is 2.74. The Labute approximate surface area is 124 Å². The quantitative estimate of drug-likeness (QED) is 0.784. The number of aromatic nitrogens is 1. The van der Waals surface area contributed by atoms with Gasteiger partial charge in [-0.3, -0.25) is 0 Å². The van der Waals surface area contributed by atoms with E-state index in [2.05, 4.69) is 4.98 Å². The van der Waals surface area contributed by atoms with Crippen LogP contribution in [0.4, 0.5) is 8.78 Å².